The van der Waals surface area contributed by atoms with Crippen LogP contribution in [0, 0.1) is 0 Å². The predicted octanol–water partition coefficient (Wildman–Crippen LogP) is 3.97. The maximum atomic E-state index is 5.98. The third-order valence-corrected chi connectivity index (χ3v) is 4.00. The van der Waals surface area contributed by atoms with Gasteiger partial charge in [0.1, 0.15) is 5.52 Å². The van der Waals surface area contributed by atoms with Crippen molar-refractivity contribution in [1.29, 1.82) is 0 Å². The zero-order chi connectivity index (χ0) is 16.0. The van der Waals surface area contributed by atoms with Gasteiger partial charge in [-0.1, -0.05) is 28.0 Å². The van der Waals surface area contributed by atoms with E-state index in [-0.39, 0.29) is 6.04 Å². The van der Waals surface area contributed by atoms with E-state index in [1.807, 2.05) is 35.0 Å². The molecule has 0 radical (unpaired) electrons. The molecule has 0 aliphatic heterocycles. The molecule has 0 saturated heterocycles. The molecular formula is C16H14ClN5O. The second-order valence-electron chi connectivity index (χ2n) is 5.74. The second kappa shape index (κ2) is 5.31. The van der Waals surface area contributed by atoms with Crippen molar-refractivity contribution in [2.75, 3.05) is 0 Å². The molecule has 2 heterocycles. The van der Waals surface area contributed by atoms with Crippen molar-refractivity contribution in [2.24, 2.45) is 0 Å². The van der Waals surface area contributed by atoms with Crippen molar-refractivity contribution >= 4 is 28.2 Å². The van der Waals surface area contributed by atoms with Crippen LogP contribution in [-0.4, -0.2) is 25.1 Å². The standard InChI is InChI=1S/C16H14ClN5O/c1-9(2)22-14-6-4-11(8-13(14)19-21-22)16-18-15(20-23-16)10-3-5-12(17)7-10/h3-6,8-9H,7H2,1-2H3. The van der Waals surface area contributed by atoms with E-state index in [0.29, 0.717) is 18.1 Å². The number of halogens is 1. The number of hydrogen-bond acceptors (Lipinski definition) is 5. The van der Waals surface area contributed by atoms with Crippen molar-refractivity contribution < 1.29 is 4.52 Å². The van der Waals surface area contributed by atoms with Gasteiger partial charge in [0.25, 0.3) is 5.89 Å². The Kier molecular flexibility index (Phi) is 3.27. The third-order valence-electron chi connectivity index (χ3n) is 3.75. The number of aromatic nitrogens is 5. The van der Waals surface area contributed by atoms with Gasteiger partial charge in [0.2, 0.25) is 0 Å². The van der Waals surface area contributed by atoms with E-state index in [2.05, 4.69) is 34.3 Å². The summed E-state index contributed by atoms with van der Waals surface area (Å²) in [4.78, 5) is 4.45. The molecule has 7 heteroatoms. The van der Waals surface area contributed by atoms with Crippen LogP contribution in [0.25, 0.3) is 28.1 Å². The average Bonchev–Trinajstić information content (AvgIpc) is 3.24. The Morgan fingerprint density at radius 2 is 2.13 bits per heavy atom. The van der Waals surface area contributed by atoms with Gasteiger partial charge in [0.05, 0.1) is 5.52 Å². The van der Waals surface area contributed by atoms with E-state index in [9.17, 15) is 0 Å². The number of hydrogen-bond donors (Lipinski definition) is 0. The van der Waals surface area contributed by atoms with Crippen LogP contribution in [0.3, 0.4) is 0 Å². The van der Waals surface area contributed by atoms with Gasteiger partial charge in [-0.05, 0) is 38.1 Å². The molecule has 0 unspecified atom stereocenters. The number of allylic oxidation sites excluding steroid dienone is 4. The Bertz CT molecular complexity index is 950. The number of rotatable bonds is 3. The first-order valence-electron chi connectivity index (χ1n) is 7.36. The highest BCUT2D eigenvalue weighted by Gasteiger charge is 2.17. The summed E-state index contributed by atoms with van der Waals surface area (Å²) >= 11 is 5.98. The fourth-order valence-corrected chi connectivity index (χ4v) is 2.78. The average molecular weight is 328 g/mol. The van der Waals surface area contributed by atoms with Gasteiger partial charge in [0, 0.05) is 28.6 Å². The van der Waals surface area contributed by atoms with Crippen molar-refractivity contribution in [3.05, 3.63) is 41.2 Å². The monoisotopic (exact) mass is 327 g/mol. The molecule has 116 valence electrons. The van der Waals surface area contributed by atoms with Crippen molar-refractivity contribution in [3.8, 4) is 11.5 Å². The summed E-state index contributed by atoms with van der Waals surface area (Å²) in [5.41, 5.74) is 3.57. The third kappa shape index (κ3) is 2.45. The van der Waals surface area contributed by atoms with Gasteiger partial charge in [-0.15, -0.1) is 5.10 Å². The molecule has 6 nitrogen and oxygen atoms in total. The van der Waals surface area contributed by atoms with Gasteiger partial charge in [0.15, 0.2) is 5.82 Å². The van der Waals surface area contributed by atoms with Crippen LogP contribution in [0.1, 0.15) is 32.1 Å². The Morgan fingerprint density at radius 3 is 2.87 bits per heavy atom. The summed E-state index contributed by atoms with van der Waals surface area (Å²) in [5, 5.41) is 13.2. The van der Waals surface area contributed by atoms with E-state index in [1.54, 1.807) is 0 Å². The lowest BCUT2D eigenvalue weighted by atomic mass is 10.2. The summed E-state index contributed by atoms with van der Waals surface area (Å²) in [6.07, 6.45) is 4.40. The number of nitrogens with zero attached hydrogens (tertiary/aromatic N) is 5. The van der Waals surface area contributed by atoms with E-state index in [1.165, 1.54) is 0 Å². The highest BCUT2D eigenvalue weighted by molar-refractivity contribution is 6.30. The van der Waals surface area contributed by atoms with Gasteiger partial charge >= 0.3 is 0 Å². The maximum absolute atomic E-state index is 5.98. The second-order valence-corrected chi connectivity index (χ2v) is 6.22. The molecule has 1 aliphatic carbocycles. The minimum absolute atomic E-state index is 0.257. The van der Waals surface area contributed by atoms with E-state index < -0.39 is 0 Å². The molecule has 0 atom stereocenters. The van der Waals surface area contributed by atoms with Crippen LogP contribution in [-0.2, 0) is 0 Å². The number of fused-ring (bicyclic) bond motifs is 1. The molecule has 4 rings (SSSR count). The molecule has 0 bridgehead atoms. The predicted molar refractivity (Wildman–Crippen MR) is 87.7 cm³/mol. The highest BCUT2D eigenvalue weighted by atomic mass is 35.5. The molecule has 3 aromatic rings. The molecule has 0 saturated carbocycles. The van der Waals surface area contributed by atoms with Gasteiger partial charge in [-0.25, -0.2) is 4.68 Å². The minimum Gasteiger partial charge on any atom is -0.334 e. The van der Waals surface area contributed by atoms with Crippen molar-refractivity contribution in [1.82, 2.24) is 25.1 Å². The normalized spacial score (nSPS) is 14.6. The Morgan fingerprint density at radius 1 is 1.26 bits per heavy atom. The molecule has 0 spiro atoms. The van der Waals surface area contributed by atoms with Crippen molar-refractivity contribution in [3.63, 3.8) is 0 Å². The van der Waals surface area contributed by atoms with Crippen molar-refractivity contribution in [2.45, 2.75) is 26.3 Å². The smallest absolute Gasteiger partial charge is 0.258 e. The van der Waals surface area contributed by atoms with Crippen LogP contribution in [0.4, 0.5) is 0 Å². The fourth-order valence-electron chi connectivity index (χ4n) is 2.57. The quantitative estimate of drug-likeness (QED) is 0.728. The molecule has 1 aromatic carbocycles. The zero-order valence-electron chi connectivity index (χ0n) is 12.7. The topological polar surface area (TPSA) is 69.6 Å². The van der Waals surface area contributed by atoms with Crippen LogP contribution < -0.4 is 0 Å². The number of benzene rings is 1. The van der Waals surface area contributed by atoms with E-state index >= 15 is 0 Å². The lowest BCUT2D eigenvalue weighted by Gasteiger charge is -2.04. The molecule has 0 fully saturated rings. The van der Waals surface area contributed by atoms with Gasteiger partial charge < -0.3 is 4.52 Å². The van der Waals surface area contributed by atoms with Crippen LogP contribution in [0.2, 0.25) is 0 Å². The minimum atomic E-state index is 0.257. The lowest BCUT2D eigenvalue weighted by Crippen LogP contribution is -2.02. The van der Waals surface area contributed by atoms with Crippen LogP contribution >= 0.6 is 11.6 Å². The molecule has 2 aromatic heterocycles. The highest BCUT2D eigenvalue weighted by Crippen LogP contribution is 2.30. The first kappa shape index (κ1) is 14.1. The first-order chi connectivity index (χ1) is 11.1. The SMILES string of the molecule is CC(C)n1nnc2cc(-c3nc(C4=CC=C(Cl)C4)no3)ccc21. The van der Waals surface area contributed by atoms with E-state index in [4.69, 9.17) is 16.1 Å². The summed E-state index contributed by atoms with van der Waals surface area (Å²) in [7, 11) is 0. The Balaban J connectivity index is 1.68. The summed E-state index contributed by atoms with van der Waals surface area (Å²) in [6.45, 7) is 4.14. The van der Waals surface area contributed by atoms with Crippen LogP contribution in [0.15, 0.2) is 39.9 Å². The molecule has 0 N–H and O–H groups in total. The van der Waals surface area contributed by atoms with Crippen LogP contribution in [0.5, 0.6) is 0 Å². The zero-order valence-corrected chi connectivity index (χ0v) is 13.4. The van der Waals surface area contributed by atoms with Gasteiger partial charge in [-0.2, -0.15) is 4.98 Å². The largest absolute Gasteiger partial charge is 0.334 e. The lowest BCUT2D eigenvalue weighted by molar-refractivity contribution is 0.428. The summed E-state index contributed by atoms with van der Waals surface area (Å²) < 4.78 is 7.26. The first-order valence-corrected chi connectivity index (χ1v) is 7.74. The Hall–Kier alpha value is -2.47. The summed E-state index contributed by atoms with van der Waals surface area (Å²) in [6, 6.07) is 6.08. The molecule has 1 aliphatic rings. The summed E-state index contributed by atoms with van der Waals surface area (Å²) in [5.74, 6) is 1.03. The van der Waals surface area contributed by atoms with E-state index in [0.717, 1.165) is 27.2 Å². The molecule has 0 amide bonds. The fraction of sp³-hybridized carbons (Fsp3) is 0.250. The maximum Gasteiger partial charge on any atom is 0.258 e. The Labute approximate surface area is 137 Å². The molecular weight excluding hydrogens is 314 g/mol. The molecule has 23 heavy (non-hydrogen) atoms. The van der Waals surface area contributed by atoms with Gasteiger partial charge in [-0.3, -0.25) is 0 Å².